The molecule has 0 bridgehead atoms. The molecule has 1 fully saturated rings. The lowest BCUT2D eigenvalue weighted by Crippen LogP contribution is -2.42. The number of hydrazine groups is 1. The predicted molar refractivity (Wildman–Crippen MR) is 93.3 cm³/mol. The van der Waals surface area contributed by atoms with E-state index < -0.39 is 0 Å². The molecule has 1 unspecified atom stereocenters. The number of nitrogens with zero attached hydrogens (tertiary/aromatic N) is 2. The topological polar surface area (TPSA) is 28.2 Å². The Morgan fingerprint density at radius 1 is 1.00 bits per heavy atom. The molecule has 1 saturated heterocycles. The minimum absolute atomic E-state index is 0.462. The molecule has 2 aromatic rings. The van der Waals surface area contributed by atoms with Crippen molar-refractivity contribution in [3.05, 3.63) is 65.0 Å². The average molecular weight is 307 g/mol. The van der Waals surface area contributed by atoms with Crippen LogP contribution in [-0.2, 0) is 12.8 Å². The van der Waals surface area contributed by atoms with Crippen LogP contribution in [0, 0.1) is 5.92 Å². The fourth-order valence-corrected chi connectivity index (χ4v) is 4.36. The molecule has 2 aliphatic rings. The molecule has 0 spiro atoms. The van der Waals surface area contributed by atoms with Crippen LogP contribution in [0.25, 0.3) is 0 Å². The number of hydrogen-bond acceptors (Lipinski definition) is 3. The smallest absolute Gasteiger partial charge is 0.0513 e. The molecule has 1 aliphatic carbocycles. The highest BCUT2D eigenvalue weighted by Gasteiger charge is 2.33. The van der Waals surface area contributed by atoms with Gasteiger partial charge in [-0.3, -0.25) is 10.4 Å². The first-order valence-corrected chi connectivity index (χ1v) is 8.80. The molecule has 1 aromatic heterocycles. The van der Waals surface area contributed by atoms with E-state index in [2.05, 4.69) is 46.8 Å². The Balaban J connectivity index is 1.75. The summed E-state index contributed by atoms with van der Waals surface area (Å²) >= 11 is 0. The van der Waals surface area contributed by atoms with Gasteiger partial charge in [-0.05, 0) is 61.4 Å². The fourth-order valence-electron chi connectivity index (χ4n) is 4.36. The van der Waals surface area contributed by atoms with E-state index in [9.17, 15) is 0 Å². The van der Waals surface area contributed by atoms with Crippen molar-refractivity contribution in [3.63, 3.8) is 0 Å². The molecule has 1 aromatic carbocycles. The highest BCUT2D eigenvalue weighted by Crippen LogP contribution is 2.41. The fraction of sp³-hybridized carbons (Fsp3) is 0.450. The zero-order chi connectivity index (χ0) is 15.6. The summed E-state index contributed by atoms with van der Waals surface area (Å²) in [6.45, 7) is 2.25. The highest BCUT2D eigenvalue weighted by atomic mass is 15.5. The van der Waals surface area contributed by atoms with E-state index in [0.717, 1.165) is 25.9 Å². The Morgan fingerprint density at radius 3 is 2.57 bits per heavy atom. The van der Waals surface area contributed by atoms with Gasteiger partial charge in [0.1, 0.15) is 0 Å². The minimum Gasteiger partial charge on any atom is -0.260 e. The number of aryl methyl sites for hydroxylation is 2. The second-order valence-corrected chi connectivity index (χ2v) is 6.77. The van der Waals surface area contributed by atoms with Crippen molar-refractivity contribution in [2.45, 2.75) is 31.6 Å². The summed E-state index contributed by atoms with van der Waals surface area (Å²) in [5.41, 5.74) is 9.12. The summed E-state index contributed by atoms with van der Waals surface area (Å²) in [6, 6.07) is 13.4. The van der Waals surface area contributed by atoms with Gasteiger partial charge >= 0.3 is 0 Å². The summed E-state index contributed by atoms with van der Waals surface area (Å²) in [5, 5.41) is 2.33. The van der Waals surface area contributed by atoms with Crippen LogP contribution in [0.3, 0.4) is 0 Å². The first-order valence-electron chi connectivity index (χ1n) is 8.80. The third-order valence-corrected chi connectivity index (χ3v) is 5.60. The molecule has 1 N–H and O–H groups in total. The van der Waals surface area contributed by atoms with Gasteiger partial charge < -0.3 is 0 Å². The van der Waals surface area contributed by atoms with Gasteiger partial charge in [0.25, 0.3) is 0 Å². The van der Waals surface area contributed by atoms with Crippen LogP contribution < -0.4 is 5.43 Å². The van der Waals surface area contributed by atoms with Crippen LogP contribution in [0.5, 0.6) is 0 Å². The Morgan fingerprint density at radius 2 is 1.74 bits per heavy atom. The van der Waals surface area contributed by atoms with Gasteiger partial charge in [-0.15, -0.1) is 0 Å². The van der Waals surface area contributed by atoms with E-state index in [0.29, 0.717) is 11.8 Å². The van der Waals surface area contributed by atoms with Crippen molar-refractivity contribution in [1.29, 1.82) is 0 Å². The summed E-state index contributed by atoms with van der Waals surface area (Å²) in [4.78, 5) is 4.84. The Bertz CT molecular complexity index is 627. The van der Waals surface area contributed by atoms with Crippen molar-refractivity contribution in [1.82, 2.24) is 15.4 Å². The maximum Gasteiger partial charge on any atom is 0.0513 e. The van der Waals surface area contributed by atoms with E-state index in [1.807, 2.05) is 13.2 Å². The van der Waals surface area contributed by atoms with E-state index in [1.165, 1.54) is 35.2 Å². The lowest BCUT2D eigenvalue weighted by molar-refractivity contribution is 0.130. The molecule has 0 amide bonds. The molecule has 3 heteroatoms. The standard InChI is InChI=1S/C20H25N3/c1-21-23-13-10-16(11-14-23)19-18-7-3-2-5-15(18)8-9-17-6-4-12-22-20(17)19/h2-7,12,16,19,21H,8-11,13-14H2,1H3. The Kier molecular flexibility index (Phi) is 4.15. The van der Waals surface area contributed by atoms with E-state index in [1.54, 1.807) is 0 Å². The number of pyridine rings is 1. The summed E-state index contributed by atoms with van der Waals surface area (Å²) in [7, 11) is 2.03. The maximum absolute atomic E-state index is 4.84. The third-order valence-electron chi connectivity index (χ3n) is 5.60. The quantitative estimate of drug-likeness (QED) is 0.924. The van der Waals surface area contributed by atoms with Crippen LogP contribution in [0.2, 0.25) is 0 Å². The number of fused-ring (bicyclic) bond motifs is 2. The average Bonchev–Trinajstić information content (AvgIpc) is 2.79. The van der Waals surface area contributed by atoms with Gasteiger partial charge in [-0.2, -0.15) is 0 Å². The third kappa shape index (κ3) is 2.79. The number of nitrogens with one attached hydrogen (secondary N) is 1. The van der Waals surface area contributed by atoms with Gasteiger partial charge in [-0.1, -0.05) is 30.3 Å². The molecule has 1 aliphatic heterocycles. The number of rotatable bonds is 2. The van der Waals surface area contributed by atoms with Crippen LogP contribution in [0.4, 0.5) is 0 Å². The SMILES string of the molecule is CNN1CCC(C2c3ccccc3CCc3cccnc32)CC1. The van der Waals surface area contributed by atoms with Crippen molar-refractivity contribution in [2.75, 3.05) is 20.1 Å². The Hall–Kier alpha value is -1.71. The number of piperidine rings is 1. The van der Waals surface area contributed by atoms with E-state index >= 15 is 0 Å². The lowest BCUT2D eigenvalue weighted by Gasteiger charge is -2.36. The second kappa shape index (κ2) is 6.42. The zero-order valence-corrected chi connectivity index (χ0v) is 13.8. The number of aromatic nitrogens is 1. The predicted octanol–water partition coefficient (Wildman–Crippen LogP) is 3.16. The molecule has 4 rings (SSSR count). The minimum atomic E-state index is 0.462. The van der Waals surface area contributed by atoms with Gasteiger partial charge in [0.2, 0.25) is 0 Å². The largest absolute Gasteiger partial charge is 0.260 e. The van der Waals surface area contributed by atoms with E-state index in [-0.39, 0.29) is 0 Å². The van der Waals surface area contributed by atoms with Crippen molar-refractivity contribution < 1.29 is 0 Å². The normalized spacial score (nSPS) is 22.2. The number of benzene rings is 1. The number of hydrogen-bond donors (Lipinski definition) is 1. The molecule has 3 nitrogen and oxygen atoms in total. The summed E-state index contributed by atoms with van der Waals surface area (Å²) in [5.74, 6) is 1.15. The lowest BCUT2D eigenvalue weighted by atomic mass is 9.77. The Labute approximate surface area is 138 Å². The molecule has 2 heterocycles. The summed E-state index contributed by atoms with van der Waals surface area (Å²) < 4.78 is 0. The van der Waals surface area contributed by atoms with Gasteiger partial charge in [0.05, 0.1) is 5.69 Å². The molecule has 0 radical (unpaired) electrons. The van der Waals surface area contributed by atoms with Crippen molar-refractivity contribution >= 4 is 0 Å². The first kappa shape index (κ1) is 14.9. The molecular weight excluding hydrogens is 282 g/mol. The van der Waals surface area contributed by atoms with Crippen LogP contribution in [-0.4, -0.2) is 30.1 Å². The molecule has 120 valence electrons. The zero-order valence-electron chi connectivity index (χ0n) is 13.8. The highest BCUT2D eigenvalue weighted by molar-refractivity contribution is 5.42. The maximum atomic E-state index is 4.84. The van der Waals surface area contributed by atoms with Gasteiger partial charge in [0.15, 0.2) is 0 Å². The second-order valence-electron chi connectivity index (χ2n) is 6.77. The molecule has 23 heavy (non-hydrogen) atoms. The first-order chi connectivity index (χ1) is 11.4. The van der Waals surface area contributed by atoms with Crippen molar-refractivity contribution in [2.24, 2.45) is 5.92 Å². The van der Waals surface area contributed by atoms with Crippen molar-refractivity contribution in [3.8, 4) is 0 Å². The van der Waals surface area contributed by atoms with Crippen LogP contribution >= 0.6 is 0 Å². The van der Waals surface area contributed by atoms with Gasteiger partial charge in [-0.25, -0.2) is 5.01 Å². The molecule has 1 atom stereocenters. The van der Waals surface area contributed by atoms with Gasteiger partial charge in [0, 0.05) is 25.2 Å². The van der Waals surface area contributed by atoms with E-state index in [4.69, 9.17) is 4.98 Å². The molecule has 0 saturated carbocycles. The summed E-state index contributed by atoms with van der Waals surface area (Å²) in [6.07, 6.45) is 6.70. The molecular formula is C20H25N3. The monoisotopic (exact) mass is 307 g/mol. The van der Waals surface area contributed by atoms with Crippen LogP contribution in [0.1, 0.15) is 41.1 Å². The van der Waals surface area contributed by atoms with Crippen LogP contribution in [0.15, 0.2) is 42.6 Å².